The van der Waals surface area contributed by atoms with Crippen LogP contribution in [0.5, 0.6) is 0 Å². The van der Waals surface area contributed by atoms with Gasteiger partial charge in [-0.1, -0.05) is 48.0 Å². The van der Waals surface area contributed by atoms with E-state index in [4.69, 9.17) is 11.6 Å². The molecular weight excluding hydrogens is 324 g/mol. The van der Waals surface area contributed by atoms with Crippen LogP contribution in [0.25, 0.3) is 0 Å². The van der Waals surface area contributed by atoms with E-state index in [-0.39, 0.29) is 16.8 Å². The second kappa shape index (κ2) is 5.64. The number of nitro benzene ring substituents is 1. The fraction of sp³-hybridized carbons (Fsp3) is 0.263. The Kier molecular flexibility index (Phi) is 3.57. The quantitative estimate of drug-likeness (QED) is 0.453. The van der Waals surface area contributed by atoms with Crippen molar-refractivity contribution in [3.8, 4) is 0 Å². The molecule has 4 nitrogen and oxygen atoms in total. The summed E-state index contributed by atoms with van der Waals surface area (Å²) in [7, 11) is 0. The molecule has 1 heterocycles. The molecule has 1 aliphatic heterocycles. The SMILES string of the molecule is Cc1cccc2c1N[C@H](c1ccc(Cl)c([N+](=O)[O-])c1)[C@H]1CC=C[C@H]21. The van der Waals surface area contributed by atoms with Crippen molar-refractivity contribution < 1.29 is 4.92 Å². The number of nitrogens with zero attached hydrogens (tertiary/aromatic N) is 1. The van der Waals surface area contributed by atoms with Gasteiger partial charge in [0.2, 0.25) is 0 Å². The topological polar surface area (TPSA) is 55.2 Å². The van der Waals surface area contributed by atoms with Crippen molar-refractivity contribution in [2.75, 3.05) is 5.32 Å². The lowest BCUT2D eigenvalue weighted by Crippen LogP contribution is -2.29. The van der Waals surface area contributed by atoms with Gasteiger partial charge in [0.15, 0.2) is 0 Å². The second-order valence-electron chi connectivity index (χ2n) is 6.48. The maximum atomic E-state index is 11.2. The summed E-state index contributed by atoms with van der Waals surface area (Å²) in [5.74, 6) is 0.709. The Morgan fingerprint density at radius 3 is 2.92 bits per heavy atom. The van der Waals surface area contributed by atoms with Crippen molar-refractivity contribution in [1.29, 1.82) is 0 Å². The zero-order valence-electron chi connectivity index (χ0n) is 13.2. The Hall–Kier alpha value is -2.33. The van der Waals surface area contributed by atoms with Crippen LogP contribution >= 0.6 is 11.6 Å². The molecule has 122 valence electrons. The molecule has 4 rings (SSSR count). The van der Waals surface area contributed by atoms with Crippen molar-refractivity contribution >= 4 is 23.0 Å². The standard InChI is InChI=1S/C19H17ClN2O2/c1-11-4-2-6-14-13-5-3-7-15(13)19(21-18(11)14)12-8-9-16(20)17(10-12)22(23)24/h2-6,8-10,13,15,19,21H,7H2,1H3/t13-,15+,19-/m1/s1. The fourth-order valence-electron chi connectivity index (χ4n) is 3.97. The number of hydrogen-bond donors (Lipinski definition) is 1. The van der Waals surface area contributed by atoms with Crippen LogP contribution in [0.1, 0.15) is 35.1 Å². The van der Waals surface area contributed by atoms with Gasteiger partial charge < -0.3 is 5.32 Å². The number of nitrogens with one attached hydrogen (secondary N) is 1. The molecule has 0 radical (unpaired) electrons. The molecule has 0 fully saturated rings. The lowest BCUT2D eigenvalue weighted by molar-refractivity contribution is -0.384. The molecule has 0 saturated heterocycles. The van der Waals surface area contributed by atoms with Crippen LogP contribution in [-0.2, 0) is 0 Å². The number of rotatable bonds is 2. The largest absolute Gasteiger partial charge is 0.377 e. The predicted octanol–water partition coefficient (Wildman–Crippen LogP) is 5.38. The molecule has 3 atom stereocenters. The van der Waals surface area contributed by atoms with Crippen LogP contribution in [0.2, 0.25) is 5.02 Å². The number of allylic oxidation sites excluding steroid dienone is 2. The van der Waals surface area contributed by atoms with Gasteiger partial charge in [-0.25, -0.2) is 0 Å². The van der Waals surface area contributed by atoms with Crippen molar-refractivity contribution in [3.63, 3.8) is 0 Å². The molecule has 0 spiro atoms. The maximum absolute atomic E-state index is 11.2. The molecule has 0 unspecified atom stereocenters. The second-order valence-corrected chi connectivity index (χ2v) is 6.89. The number of halogens is 1. The van der Waals surface area contributed by atoms with Gasteiger partial charge in [0.25, 0.3) is 5.69 Å². The number of nitro groups is 1. The monoisotopic (exact) mass is 340 g/mol. The first-order valence-corrected chi connectivity index (χ1v) is 8.40. The Balaban J connectivity index is 1.81. The van der Waals surface area contributed by atoms with Gasteiger partial charge in [-0.15, -0.1) is 0 Å². The lowest BCUT2D eigenvalue weighted by Gasteiger charge is -2.38. The van der Waals surface area contributed by atoms with E-state index in [1.165, 1.54) is 11.1 Å². The van der Waals surface area contributed by atoms with E-state index in [9.17, 15) is 10.1 Å². The van der Waals surface area contributed by atoms with Gasteiger partial charge in [-0.2, -0.15) is 0 Å². The molecule has 2 aromatic rings. The Morgan fingerprint density at radius 2 is 2.12 bits per heavy atom. The zero-order chi connectivity index (χ0) is 16.8. The summed E-state index contributed by atoms with van der Waals surface area (Å²) in [6.45, 7) is 2.09. The summed E-state index contributed by atoms with van der Waals surface area (Å²) in [6, 6.07) is 11.5. The third-order valence-electron chi connectivity index (χ3n) is 5.13. The van der Waals surface area contributed by atoms with Crippen molar-refractivity contribution in [2.45, 2.75) is 25.3 Å². The number of anilines is 1. The molecule has 1 N–H and O–H groups in total. The van der Waals surface area contributed by atoms with Crippen molar-refractivity contribution in [3.05, 3.63) is 80.4 Å². The highest BCUT2D eigenvalue weighted by Gasteiger charge is 2.38. The lowest BCUT2D eigenvalue weighted by atomic mass is 9.76. The van der Waals surface area contributed by atoms with Crippen molar-refractivity contribution in [2.24, 2.45) is 5.92 Å². The Labute approximate surface area is 145 Å². The fourth-order valence-corrected chi connectivity index (χ4v) is 4.16. The van der Waals surface area contributed by atoms with Gasteiger partial charge in [0, 0.05) is 17.7 Å². The molecule has 0 saturated carbocycles. The number of benzene rings is 2. The van der Waals surface area contributed by atoms with Crippen LogP contribution in [0, 0.1) is 23.0 Å². The molecule has 0 amide bonds. The van der Waals surface area contributed by atoms with Crippen molar-refractivity contribution in [1.82, 2.24) is 0 Å². The van der Waals surface area contributed by atoms with Gasteiger partial charge >= 0.3 is 0 Å². The summed E-state index contributed by atoms with van der Waals surface area (Å²) < 4.78 is 0. The van der Waals surface area contributed by atoms with Crippen LogP contribution in [0.4, 0.5) is 11.4 Å². The number of para-hydroxylation sites is 1. The molecular formula is C19H17ClN2O2. The minimum atomic E-state index is -0.418. The molecule has 0 aromatic heterocycles. The average Bonchev–Trinajstić information content (AvgIpc) is 3.05. The summed E-state index contributed by atoms with van der Waals surface area (Å²) in [6.07, 6.45) is 5.44. The first-order valence-electron chi connectivity index (χ1n) is 8.03. The van der Waals surface area contributed by atoms with E-state index in [0.717, 1.165) is 17.7 Å². The summed E-state index contributed by atoms with van der Waals surface area (Å²) in [5, 5.41) is 15.0. The van der Waals surface area contributed by atoms with E-state index in [2.05, 4.69) is 42.6 Å². The number of fused-ring (bicyclic) bond motifs is 3. The smallest absolute Gasteiger partial charge is 0.288 e. The van der Waals surface area contributed by atoms with Crippen LogP contribution in [-0.4, -0.2) is 4.92 Å². The Bertz CT molecular complexity index is 862. The zero-order valence-corrected chi connectivity index (χ0v) is 14.0. The molecule has 24 heavy (non-hydrogen) atoms. The van der Waals surface area contributed by atoms with Gasteiger partial charge in [-0.05, 0) is 42.0 Å². The molecule has 0 bridgehead atoms. The van der Waals surface area contributed by atoms with E-state index in [0.29, 0.717) is 11.8 Å². The van der Waals surface area contributed by atoms with Crippen LogP contribution in [0.3, 0.4) is 0 Å². The molecule has 1 aliphatic carbocycles. The minimum absolute atomic E-state index is 0.0333. The molecule has 5 heteroatoms. The summed E-state index contributed by atoms with van der Waals surface area (Å²) >= 11 is 5.97. The molecule has 2 aliphatic rings. The van der Waals surface area contributed by atoms with E-state index >= 15 is 0 Å². The normalized spacial score (nSPS) is 24.2. The van der Waals surface area contributed by atoms with E-state index in [1.807, 2.05) is 6.07 Å². The summed E-state index contributed by atoms with van der Waals surface area (Å²) in [5.41, 5.74) is 4.54. The van der Waals surface area contributed by atoms with Gasteiger partial charge in [0.1, 0.15) is 5.02 Å². The van der Waals surface area contributed by atoms with Gasteiger partial charge in [-0.3, -0.25) is 10.1 Å². The minimum Gasteiger partial charge on any atom is -0.377 e. The number of hydrogen-bond acceptors (Lipinski definition) is 3. The molecule has 2 aromatic carbocycles. The summed E-state index contributed by atoms with van der Waals surface area (Å²) in [4.78, 5) is 10.8. The number of aryl methyl sites for hydroxylation is 1. The maximum Gasteiger partial charge on any atom is 0.288 e. The van der Waals surface area contributed by atoms with Gasteiger partial charge in [0.05, 0.1) is 11.0 Å². The predicted molar refractivity (Wildman–Crippen MR) is 95.6 cm³/mol. The highest BCUT2D eigenvalue weighted by Crippen LogP contribution is 2.50. The highest BCUT2D eigenvalue weighted by molar-refractivity contribution is 6.32. The third-order valence-corrected chi connectivity index (χ3v) is 5.45. The first-order chi connectivity index (χ1) is 11.6. The van der Waals surface area contributed by atoms with E-state index < -0.39 is 4.92 Å². The third kappa shape index (κ3) is 2.29. The van der Waals surface area contributed by atoms with Crippen LogP contribution < -0.4 is 5.32 Å². The Morgan fingerprint density at radius 1 is 1.29 bits per heavy atom. The highest BCUT2D eigenvalue weighted by atomic mass is 35.5. The first kappa shape index (κ1) is 15.2. The average molecular weight is 341 g/mol. The van der Waals surface area contributed by atoms with E-state index in [1.54, 1.807) is 12.1 Å². The van der Waals surface area contributed by atoms with Crippen LogP contribution in [0.15, 0.2) is 48.6 Å².